The van der Waals surface area contributed by atoms with Gasteiger partial charge in [-0.2, -0.15) is 0 Å². The molecule has 3 nitrogen and oxygen atoms in total. The Hall–Kier alpha value is -2.42. The molecule has 0 unspecified atom stereocenters. The summed E-state index contributed by atoms with van der Waals surface area (Å²) in [7, 11) is 0. The van der Waals surface area contributed by atoms with Gasteiger partial charge in [-0.25, -0.2) is 9.97 Å². The van der Waals surface area contributed by atoms with Crippen molar-refractivity contribution in [1.29, 1.82) is 0 Å². The molecule has 0 fully saturated rings. The lowest BCUT2D eigenvalue weighted by Crippen LogP contribution is -2.31. The summed E-state index contributed by atoms with van der Waals surface area (Å²) in [4.78, 5) is 9.64. The van der Waals surface area contributed by atoms with Crippen molar-refractivity contribution in [3.05, 3.63) is 53.7 Å². The molecule has 1 aliphatic heterocycles. The molecule has 0 amide bonds. The van der Waals surface area contributed by atoms with Gasteiger partial charge in [0.15, 0.2) is 0 Å². The van der Waals surface area contributed by atoms with Gasteiger partial charge >= 0.3 is 0 Å². The van der Waals surface area contributed by atoms with Crippen molar-refractivity contribution in [1.82, 2.24) is 9.97 Å². The standard InChI is InChI=1S/C18H16N2O/c1-11-8-9-12-15(10-11)21-18(2,3)17-16(12)19-13-6-4-5-7-14(13)20-17/h4-10H,1-3H3. The molecule has 2 heterocycles. The average Bonchev–Trinajstić information content (AvgIpc) is 2.45. The van der Waals surface area contributed by atoms with E-state index in [1.165, 1.54) is 5.56 Å². The molecule has 4 rings (SSSR count). The van der Waals surface area contributed by atoms with Gasteiger partial charge in [-0.1, -0.05) is 18.2 Å². The largest absolute Gasteiger partial charge is 0.481 e. The second-order valence-electron chi connectivity index (χ2n) is 6.02. The number of fused-ring (bicyclic) bond motifs is 4. The number of benzene rings is 2. The lowest BCUT2D eigenvalue weighted by Gasteiger charge is -2.33. The van der Waals surface area contributed by atoms with Crippen molar-refractivity contribution in [2.24, 2.45) is 0 Å². The predicted molar refractivity (Wildman–Crippen MR) is 83.4 cm³/mol. The van der Waals surface area contributed by atoms with Crippen molar-refractivity contribution in [3.8, 4) is 17.0 Å². The minimum atomic E-state index is -0.479. The highest BCUT2D eigenvalue weighted by atomic mass is 16.5. The number of hydrogen-bond donors (Lipinski definition) is 0. The number of aromatic nitrogens is 2. The molecule has 0 saturated heterocycles. The Bertz CT molecular complexity index is 868. The highest BCUT2D eigenvalue weighted by Crippen LogP contribution is 2.43. The third kappa shape index (κ3) is 1.81. The fraction of sp³-hybridized carbons (Fsp3) is 0.222. The number of aryl methyl sites for hydroxylation is 1. The molecule has 0 spiro atoms. The lowest BCUT2D eigenvalue weighted by atomic mass is 9.93. The Kier molecular flexibility index (Phi) is 2.37. The van der Waals surface area contributed by atoms with Gasteiger partial charge in [-0.05, 0) is 50.6 Å². The van der Waals surface area contributed by atoms with E-state index in [-0.39, 0.29) is 0 Å². The van der Waals surface area contributed by atoms with Gasteiger partial charge in [0.05, 0.1) is 11.0 Å². The fourth-order valence-electron chi connectivity index (χ4n) is 2.84. The van der Waals surface area contributed by atoms with Crippen LogP contribution in [0.2, 0.25) is 0 Å². The van der Waals surface area contributed by atoms with Crippen LogP contribution in [0.1, 0.15) is 25.1 Å². The third-order valence-corrected chi connectivity index (χ3v) is 3.90. The molecule has 1 aromatic heterocycles. The van der Waals surface area contributed by atoms with Gasteiger partial charge in [0.2, 0.25) is 0 Å². The average molecular weight is 276 g/mol. The van der Waals surface area contributed by atoms with E-state index < -0.39 is 5.60 Å². The van der Waals surface area contributed by atoms with Gasteiger partial charge in [-0.15, -0.1) is 0 Å². The Morgan fingerprint density at radius 3 is 2.43 bits per heavy atom. The molecule has 0 atom stereocenters. The second-order valence-corrected chi connectivity index (χ2v) is 6.02. The zero-order valence-electron chi connectivity index (χ0n) is 12.3. The predicted octanol–water partition coefficient (Wildman–Crippen LogP) is 4.23. The molecule has 2 aromatic carbocycles. The molecule has 1 aliphatic rings. The van der Waals surface area contributed by atoms with Crippen LogP contribution in [0.5, 0.6) is 5.75 Å². The van der Waals surface area contributed by atoms with Crippen LogP contribution < -0.4 is 4.74 Å². The summed E-state index contributed by atoms with van der Waals surface area (Å²) in [6.45, 7) is 6.15. The summed E-state index contributed by atoms with van der Waals surface area (Å²) in [5.74, 6) is 0.886. The minimum Gasteiger partial charge on any atom is -0.481 e. The Balaban J connectivity index is 2.09. The van der Waals surface area contributed by atoms with E-state index in [4.69, 9.17) is 14.7 Å². The number of nitrogens with zero attached hydrogens (tertiary/aromatic N) is 2. The van der Waals surface area contributed by atoms with Crippen LogP contribution in [0.25, 0.3) is 22.3 Å². The van der Waals surface area contributed by atoms with Crippen molar-refractivity contribution in [2.75, 3.05) is 0 Å². The number of ether oxygens (including phenoxy) is 1. The summed E-state index contributed by atoms with van der Waals surface area (Å²) >= 11 is 0. The van der Waals surface area contributed by atoms with E-state index in [1.54, 1.807) is 0 Å². The Morgan fingerprint density at radius 2 is 1.67 bits per heavy atom. The molecule has 0 bridgehead atoms. The molecular weight excluding hydrogens is 260 g/mol. The van der Waals surface area contributed by atoms with E-state index in [2.05, 4.69) is 25.1 Å². The van der Waals surface area contributed by atoms with Crippen molar-refractivity contribution in [2.45, 2.75) is 26.4 Å². The molecule has 3 aromatic rings. The highest BCUT2D eigenvalue weighted by molar-refractivity contribution is 5.81. The van der Waals surface area contributed by atoms with Crippen LogP contribution in [-0.4, -0.2) is 9.97 Å². The van der Waals surface area contributed by atoms with Crippen LogP contribution in [0.3, 0.4) is 0 Å². The second kappa shape index (κ2) is 4.04. The van der Waals surface area contributed by atoms with Crippen LogP contribution in [-0.2, 0) is 5.60 Å². The zero-order chi connectivity index (χ0) is 14.6. The SMILES string of the molecule is Cc1ccc2c(c1)OC(C)(C)c1nc3ccccc3nc1-2. The van der Waals surface area contributed by atoms with Gasteiger partial charge in [0.25, 0.3) is 0 Å². The molecule has 0 saturated carbocycles. The van der Waals surface area contributed by atoms with Crippen LogP contribution >= 0.6 is 0 Å². The van der Waals surface area contributed by atoms with Gasteiger partial charge < -0.3 is 4.74 Å². The molecule has 104 valence electrons. The van der Waals surface area contributed by atoms with Gasteiger partial charge in [-0.3, -0.25) is 0 Å². The topological polar surface area (TPSA) is 35.0 Å². The first kappa shape index (κ1) is 12.3. The molecule has 3 heteroatoms. The monoisotopic (exact) mass is 276 g/mol. The molecule has 0 N–H and O–H groups in total. The van der Waals surface area contributed by atoms with Crippen molar-refractivity contribution >= 4 is 11.0 Å². The first-order valence-corrected chi connectivity index (χ1v) is 7.12. The van der Waals surface area contributed by atoms with Crippen LogP contribution in [0.15, 0.2) is 42.5 Å². The van der Waals surface area contributed by atoms with Gasteiger partial charge in [0, 0.05) is 5.56 Å². The minimum absolute atomic E-state index is 0.479. The number of para-hydroxylation sites is 2. The Labute approximate surface area is 123 Å². The third-order valence-electron chi connectivity index (χ3n) is 3.90. The molecule has 21 heavy (non-hydrogen) atoms. The maximum Gasteiger partial charge on any atom is 0.147 e. The number of rotatable bonds is 0. The van der Waals surface area contributed by atoms with Gasteiger partial charge in [0.1, 0.15) is 22.7 Å². The van der Waals surface area contributed by atoms with Crippen LogP contribution in [0.4, 0.5) is 0 Å². The molecule has 0 radical (unpaired) electrons. The summed E-state index contributed by atoms with van der Waals surface area (Å²) < 4.78 is 6.17. The zero-order valence-corrected chi connectivity index (χ0v) is 12.3. The van der Waals surface area contributed by atoms with E-state index in [0.717, 1.165) is 33.7 Å². The van der Waals surface area contributed by atoms with E-state index in [9.17, 15) is 0 Å². The van der Waals surface area contributed by atoms with Crippen molar-refractivity contribution < 1.29 is 4.74 Å². The Morgan fingerprint density at radius 1 is 0.952 bits per heavy atom. The maximum atomic E-state index is 6.17. The lowest BCUT2D eigenvalue weighted by molar-refractivity contribution is 0.100. The summed E-state index contributed by atoms with van der Waals surface area (Å²) in [6, 6.07) is 14.2. The fourth-order valence-corrected chi connectivity index (χ4v) is 2.84. The first-order valence-electron chi connectivity index (χ1n) is 7.12. The molecular formula is C18H16N2O. The quantitative estimate of drug-likeness (QED) is 0.616. The van der Waals surface area contributed by atoms with Crippen molar-refractivity contribution in [3.63, 3.8) is 0 Å². The summed E-state index contributed by atoms with van der Waals surface area (Å²) in [5.41, 5.74) is 5.38. The molecule has 0 aliphatic carbocycles. The number of hydrogen-bond acceptors (Lipinski definition) is 3. The summed E-state index contributed by atoms with van der Waals surface area (Å²) in [5, 5.41) is 0. The first-order chi connectivity index (χ1) is 10.0. The normalized spacial score (nSPS) is 15.2. The van der Waals surface area contributed by atoms with E-state index in [0.29, 0.717) is 0 Å². The summed E-state index contributed by atoms with van der Waals surface area (Å²) in [6.07, 6.45) is 0. The highest BCUT2D eigenvalue weighted by Gasteiger charge is 2.35. The van der Waals surface area contributed by atoms with E-state index in [1.807, 2.05) is 38.1 Å². The smallest absolute Gasteiger partial charge is 0.147 e. The van der Waals surface area contributed by atoms with E-state index >= 15 is 0 Å². The van der Waals surface area contributed by atoms with Crippen LogP contribution in [0, 0.1) is 6.92 Å². The maximum absolute atomic E-state index is 6.17.